The monoisotopic (exact) mass is 439 g/mol. The molecule has 1 aromatic heterocycles. The lowest BCUT2D eigenvalue weighted by atomic mass is 9.93. The van der Waals surface area contributed by atoms with Crippen LogP contribution in [0.5, 0.6) is 5.75 Å². The van der Waals surface area contributed by atoms with Crippen LogP contribution in [0.15, 0.2) is 41.2 Å². The molecular formula is C23H25N3O6. The molecule has 0 radical (unpaired) electrons. The molecule has 1 saturated carbocycles. The number of ether oxygens (including phenoxy) is 1. The van der Waals surface area contributed by atoms with Crippen LogP contribution in [0.1, 0.15) is 54.6 Å². The van der Waals surface area contributed by atoms with Gasteiger partial charge in [0.1, 0.15) is 5.75 Å². The van der Waals surface area contributed by atoms with Crippen molar-refractivity contribution in [3.8, 4) is 5.75 Å². The smallest absolute Gasteiger partial charge is 0.329 e. The van der Waals surface area contributed by atoms with Crippen LogP contribution in [0.25, 0.3) is 11.0 Å². The van der Waals surface area contributed by atoms with Crippen molar-refractivity contribution in [2.75, 3.05) is 7.11 Å². The molecule has 1 aliphatic carbocycles. The maximum atomic E-state index is 13.5. The summed E-state index contributed by atoms with van der Waals surface area (Å²) < 4.78 is 8.46. The molecule has 0 spiro atoms. The summed E-state index contributed by atoms with van der Waals surface area (Å²) in [5.41, 5.74) is 1.86. The lowest BCUT2D eigenvalue weighted by Crippen LogP contribution is -2.31. The number of carbonyl (C=O) groups excluding carboxylic acids is 1. The van der Waals surface area contributed by atoms with Crippen molar-refractivity contribution in [1.82, 2.24) is 9.13 Å². The van der Waals surface area contributed by atoms with Crippen LogP contribution in [0, 0.1) is 10.1 Å². The molecule has 3 aromatic rings. The van der Waals surface area contributed by atoms with Gasteiger partial charge in [0.05, 0.1) is 41.3 Å². The number of aliphatic hydroxyl groups is 1. The SMILES string of the molecule is COc1ccc(Cn2c(=O)n([C@H]3CC[C@H](O)CC3)c3ccc([N+](=O)[O-])cc32)cc1C(C)=O. The molecule has 0 aliphatic heterocycles. The van der Waals surface area contributed by atoms with E-state index in [1.54, 1.807) is 28.8 Å². The predicted octanol–water partition coefficient (Wildman–Crippen LogP) is 3.45. The van der Waals surface area contributed by atoms with E-state index < -0.39 is 4.92 Å². The van der Waals surface area contributed by atoms with Crippen LogP contribution in [0.3, 0.4) is 0 Å². The lowest BCUT2D eigenvalue weighted by molar-refractivity contribution is -0.384. The van der Waals surface area contributed by atoms with Gasteiger partial charge in [-0.25, -0.2) is 4.79 Å². The third kappa shape index (κ3) is 3.91. The van der Waals surface area contributed by atoms with E-state index in [2.05, 4.69) is 0 Å². The fourth-order valence-corrected chi connectivity index (χ4v) is 4.51. The number of rotatable bonds is 6. The third-order valence-corrected chi connectivity index (χ3v) is 6.17. The van der Waals surface area contributed by atoms with Crippen LogP contribution in [0.4, 0.5) is 5.69 Å². The summed E-state index contributed by atoms with van der Waals surface area (Å²) in [7, 11) is 1.49. The first-order valence-corrected chi connectivity index (χ1v) is 10.5. The van der Waals surface area contributed by atoms with Gasteiger partial charge in [0.25, 0.3) is 5.69 Å². The zero-order valence-corrected chi connectivity index (χ0v) is 18.0. The first-order valence-electron chi connectivity index (χ1n) is 10.5. The van der Waals surface area contributed by atoms with E-state index in [9.17, 15) is 24.8 Å². The molecule has 32 heavy (non-hydrogen) atoms. The number of nitrogens with zero attached hydrogens (tertiary/aromatic N) is 3. The molecule has 1 N–H and O–H groups in total. The van der Waals surface area contributed by atoms with Gasteiger partial charge >= 0.3 is 5.69 Å². The van der Waals surface area contributed by atoms with E-state index in [4.69, 9.17) is 4.74 Å². The Labute approximate surface area is 184 Å². The van der Waals surface area contributed by atoms with Gasteiger partial charge in [-0.2, -0.15) is 0 Å². The number of methoxy groups -OCH3 is 1. The molecule has 168 valence electrons. The Morgan fingerprint density at radius 1 is 1.16 bits per heavy atom. The number of carbonyl (C=O) groups is 1. The number of nitro benzene ring substituents is 1. The molecule has 9 nitrogen and oxygen atoms in total. The molecular weight excluding hydrogens is 414 g/mol. The average Bonchev–Trinajstić information content (AvgIpc) is 3.05. The molecule has 0 amide bonds. The number of fused-ring (bicyclic) bond motifs is 1. The molecule has 2 aromatic carbocycles. The van der Waals surface area contributed by atoms with Crippen molar-refractivity contribution in [2.24, 2.45) is 0 Å². The molecule has 9 heteroatoms. The molecule has 0 atom stereocenters. The van der Waals surface area contributed by atoms with E-state index in [1.165, 1.54) is 30.7 Å². The number of nitro groups is 1. The van der Waals surface area contributed by atoms with Crippen molar-refractivity contribution in [3.05, 3.63) is 68.1 Å². The van der Waals surface area contributed by atoms with Gasteiger partial charge in [-0.1, -0.05) is 6.07 Å². The number of non-ortho nitro benzene ring substituents is 1. The maximum absolute atomic E-state index is 13.5. The van der Waals surface area contributed by atoms with E-state index >= 15 is 0 Å². The molecule has 0 saturated heterocycles. The topological polar surface area (TPSA) is 117 Å². The number of hydrogen-bond acceptors (Lipinski definition) is 6. The van der Waals surface area contributed by atoms with Crippen molar-refractivity contribution >= 4 is 22.5 Å². The Hall–Kier alpha value is -3.46. The summed E-state index contributed by atoms with van der Waals surface area (Å²) in [6, 6.07) is 9.49. The zero-order valence-electron chi connectivity index (χ0n) is 18.0. The quantitative estimate of drug-likeness (QED) is 0.357. The standard InChI is InChI=1S/C23H25N3O6/c1-14(27)19-11-15(3-10-22(19)32-2)13-24-21-12-17(26(30)31)6-9-20(21)25(23(24)29)16-4-7-18(28)8-5-16/h3,6,9-12,16,18,28H,4-5,7-8,13H2,1-2H3/t16-,18-. The molecule has 0 unspecified atom stereocenters. The summed E-state index contributed by atoms with van der Waals surface area (Å²) in [5.74, 6) is 0.294. The van der Waals surface area contributed by atoms with Gasteiger partial charge in [-0.05, 0) is 56.4 Å². The summed E-state index contributed by atoms with van der Waals surface area (Å²) in [5, 5.41) is 21.2. The maximum Gasteiger partial charge on any atom is 0.329 e. The second-order valence-electron chi connectivity index (χ2n) is 8.22. The van der Waals surface area contributed by atoms with E-state index in [-0.39, 0.29) is 35.9 Å². The molecule has 1 aliphatic rings. The number of ketones is 1. The van der Waals surface area contributed by atoms with Crippen LogP contribution >= 0.6 is 0 Å². The van der Waals surface area contributed by atoms with Crippen molar-refractivity contribution in [3.63, 3.8) is 0 Å². The highest BCUT2D eigenvalue weighted by Gasteiger charge is 2.26. The zero-order chi connectivity index (χ0) is 23.0. The van der Waals surface area contributed by atoms with Gasteiger partial charge in [0, 0.05) is 18.2 Å². The van der Waals surface area contributed by atoms with Crippen LogP contribution < -0.4 is 10.4 Å². The second-order valence-corrected chi connectivity index (χ2v) is 8.22. The number of imidazole rings is 1. The third-order valence-electron chi connectivity index (χ3n) is 6.17. The summed E-state index contributed by atoms with van der Waals surface area (Å²) in [4.78, 5) is 36.4. The number of benzene rings is 2. The fourth-order valence-electron chi connectivity index (χ4n) is 4.51. The second kappa shape index (κ2) is 8.58. The van der Waals surface area contributed by atoms with Gasteiger partial charge in [0.2, 0.25) is 0 Å². The highest BCUT2D eigenvalue weighted by molar-refractivity contribution is 5.97. The lowest BCUT2D eigenvalue weighted by Gasteiger charge is -2.26. The normalized spacial score (nSPS) is 18.6. The highest BCUT2D eigenvalue weighted by Crippen LogP contribution is 2.32. The van der Waals surface area contributed by atoms with Crippen LogP contribution in [0.2, 0.25) is 0 Å². The summed E-state index contributed by atoms with van der Waals surface area (Å²) in [6.45, 7) is 1.60. The minimum Gasteiger partial charge on any atom is -0.496 e. The Bertz CT molecular complexity index is 1250. The number of aliphatic hydroxyl groups excluding tert-OH is 1. The summed E-state index contributed by atoms with van der Waals surface area (Å²) >= 11 is 0. The average molecular weight is 439 g/mol. The fraction of sp³-hybridized carbons (Fsp3) is 0.391. The van der Waals surface area contributed by atoms with E-state index in [0.29, 0.717) is 53.6 Å². The minimum absolute atomic E-state index is 0.0836. The van der Waals surface area contributed by atoms with Gasteiger partial charge in [0.15, 0.2) is 5.78 Å². The molecule has 1 fully saturated rings. The molecule has 4 rings (SSSR count). The molecule has 0 bridgehead atoms. The van der Waals surface area contributed by atoms with Crippen molar-refractivity contribution < 1.29 is 19.6 Å². The first kappa shape index (κ1) is 21.8. The number of Topliss-reactive ketones (excluding diaryl/α,β-unsaturated/α-hetero) is 1. The first-order chi connectivity index (χ1) is 15.3. The van der Waals surface area contributed by atoms with Crippen LogP contribution in [-0.4, -0.2) is 38.2 Å². The van der Waals surface area contributed by atoms with Crippen molar-refractivity contribution in [1.29, 1.82) is 0 Å². The number of aromatic nitrogens is 2. The largest absolute Gasteiger partial charge is 0.496 e. The summed E-state index contributed by atoms with van der Waals surface area (Å²) in [6.07, 6.45) is 2.18. The Balaban J connectivity index is 1.85. The van der Waals surface area contributed by atoms with Gasteiger partial charge < -0.3 is 9.84 Å². The number of hydrogen-bond donors (Lipinski definition) is 1. The van der Waals surface area contributed by atoms with Gasteiger partial charge in [-0.3, -0.25) is 24.0 Å². The van der Waals surface area contributed by atoms with E-state index in [1.807, 2.05) is 0 Å². The minimum atomic E-state index is -0.482. The van der Waals surface area contributed by atoms with Crippen LogP contribution in [-0.2, 0) is 6.54 Å². The predicted molar refractivity (Wildman–Crippen MR) is 118 cm³/mol. The van der Waals surface area contributed by atoms with Crippen molar-refractivity contribution in [2.45, 2.75) is 51.3 Å². The molecule has 1 heterocycles. The Morgan fingerprint density at radius 3 is 2.50 bits per heavy atom. The highest BCUT2D eigenvalue weighted by atomic mass is 16.6. The van der Waals surface area contributed by atoms with E-state index in [0.717, 1.165) is 0 Å². The Morgan fingerprint density at radius 2 is 1.88 bits per heavy atom. The van der Waals surface area contributed by atoms with Gasteiger partial charge in [-0.15, -0.1) is 0 Å². The Kier molecular flexibility index (Phi) is 5.84.